The third kappa shape index (κ3) is 3.43. The first-order chi connectivity index (χ1) is 13.5. The summed E-state index contributed by atoms with van der Waals surface area (Å²) >= 11 is 2.13. The van der Waals surface area contributed by atoms with Gasteiger partial charge in [0.25, 0.3) is 0 Å². The summed E-state index contributed by atoms with van der Waals surface area (Å²) in [6.45, 7) is 0.154. The number of anilines is 3. The van der Waals surface area contributed by atoms with Crippen molar-refractivity contribution in [3.05, 3.63) is 38.5 Å². The smallest absolute Gasteiger partial charge is 0.211 e. The Morgan fingerprint density at radius 2 is 2.14 bits per heavy atom. The Morgan fingerprint density at radius 3 is 2.79 bits per heavy atom. The van der Waals surface area contributed by atoms with Crippen LogP contribution in [-0.2, 0) is 0 Å². The Hall–Kier alpha value is -3.69. The third-order valence-corrected chi connectivity index (χ3v) is 4.78. The van der Waals surface area contributed by atoms with Gasteiger partial charge in [-0.2, -0.15) is 10.5 Å². The van der Waals surface area contributed by atoms with Crippen LogP contribution in [0.25, 0.3) is 0 Å². The van der Waals surface area contributed by atoms with Crippen LogP contribution in [0.1, 0.15) is 22.7 Å². The predicted molar refractivity (Wildman–Crippen MR) is 113 cm³/mol. The monoisotopic (exact) mass is 484 g/mol. The van der Waals surface area contributed by atoms with Gasteiger partial charge in [-0.25, -0.2) is 9.98 Å². The van der Waals surface area contributed by atoms with E-state index in [2.05, 4.69) is 49.1 Å². The molecule has 1 aromatic heterocycles. The number of benzene rings is 1. The van der Waals surface area contributed by atoms with Crippen molar-refractivity contribution < 1.29 is 4.74 Å². The number of pyridine rings is 1. The molecule has 2 heterocycles. The molecule has 0 spiro atoms. The second kappa shape index (κ2) is 7.91. The highest BCUT2D eigenvalue weighted by Crippen LogP contribution is 2.41. The molecular formula is C18H13IN8O. The van der Waals surface area contributed by atoms with Crippen LogP contribution in [-0.4, -0.2) is 17.6 Å². The lowest BCUT2D eigenvalue weighted by atomic mass is 9.95. The van der Waals surface area contributed by atoms with Crippen LogP contribution >= 0.6 is 22.6 Å². The molecule has 0 bridgehead atoms. The molecule has 0 fully saturated rings. The van der Waals surface area contributed by atoms with Gasteiger partial charge in [-0.1, -0.05) is 12.0 Å². The van der Waals surface area contributed by atoms with Gasteiger partial charge in [0.05, 0.1) is 9.26 Å². The maximum absolute atomic E-state index is 9.36. The fraction of sp³-hybridized carbons (Fsp3) is 0.111. The minimum atomic E-state index is -0.609. The van der Waals surface area contributed by atoms with E-state index in [9.17, 15) is 5.26 Å². The SMILES string of the molecule is C#CCOc1ccc(C2N=C(NC#N)Nc3nc(N)c(C#N)c(N)c32)cc1I. The first-order valence-corrected chi connectivity index (χ1v) is 8.92. The Bertz CT molecular complexity index is 1110. The zero-order valence-corrected chi connectivity index (χ0v) is 16.5. The molecule has 1 aliphatic heterocycles. The summed E-state index contributed by atoms with van der Waals surface area (Å²) in [6, 6.07) is 6.80. The minimum Gasteiger partial charge on any atom is -0.480 e. The summed E-state index contributed by atoms with van der Waals surface area (Å²) in [5.74, 6) is 3.57. The number of nitrogens with zero attached hydrogens (tertiary/aromatic N) is 4. The molecule has 0 amide bonds. The number of aromatic nitrogens is 1. The van der Waals surface area contributed by atoms with E-state index >= 15 is 0 Å². The third-order valence-electron chi connectivity index (χ3n) is 3.94. The molecule has 10 heteroatoms. The lowest BCUT2D eigenvalue weighted by Gasteiger charge is -2.26. The van der Waals surface area contributed by atoms with E-state index in [1.54, 1.807) is 6.07 Å². The Kier molecular flexibility index (Phi) is 5.39. The molecule has 9 nitrogen and oxygen atoms in total. The zero-order valence-electron chi connectivity index (χ0n) is 14.3. The fourth-order valence-corrected chi connectivity index (χ4v) is 3.44. The van der Waals surface area contributed by atoms with E-state index in [-0.39, 0.29) is 29.6 Å². The van der Waals surface area contributed by atoms with E-state index in [1.807, 2.05) is 24.4 Å². The van der Waals surface area contributed by atoms with E-state index in [0.717, 1.165) is 9.13 Å². The van der Waals surface area contributed by atoms with E-state index in [0.29, 0.717) is 17.1 Å². The van der Waals surface area contributed by atoms with Crippen molar-refractivity contribution in [2.24, 2.45) is 4.99 Å². The number of fused-ring (bicyclic) bond motifs is 1. The molecule has 138 valence electrons. The van der Waals surface area contributed by atoms with Gasteiger partial charge in [0.1, 0.15) is 41.7 Å². The number of guanidine groups is 1. The number of aliphatic imine (C=N–C) groups is 1. The first-order valence-electron chi connectivity index (χ1n) is 7.84. The summed E-state index contributed by atoms with van der Waals surface area (Å²) in [4.78, 5) is 8.73. The highest BCUT2D eigenvalue weighted by Gasteiger charge is 2.30. The van der Waals surface area contributed by atoms with Crippen molar-refractivity contribution in [3.63, 3.8) is 0 Å². The standard InChI is InChI=1S/C18H13IN8O/c1-2-5-28-12-4-3-9(6-11(12)19)15-13-14(22)10(7-20)16(23)26-17(13)27-18(25-15)24-8-21/h1,3-4,6,15H,5H2,(H6,22,23,24,25,26,27). The minimum absolute atomic E-state index is 0.00387. The normalized spacial score (nSPS) is 14.4. The van der Waals surface area contributed by atoms with Crippen molar-refractivity contribution in [2.45, 2.75) is 6.04 Å². The number of terminal acetylenes is 1. The van der Waals surface area contributed by atoms with Crippen LogP contribution in [0.4, 0.5) is 17.3 Å². The van der Waals surface area contributed by atoms with Gasteiger partial charge in [-0.15, -0.1) is 6.42 Å². The molecule has 0 saturated heterocycles. The predicted octanol–water partition coefficient (Wildman–Crippen LogP) is 1.68. The molecule has 28 heavy (non-hydrogen) atoms. The number of nitriles is 2. The number of halogens is 1. The van der Waals surface area contributed by atoms with Gasteiger partial charge >= 0.3 is 0 Å². The Balaban J connectivity index is 2.15. The molecular weight excluding hydrogens is 471 g/mol. The average Bonchev–Trinajstić information content (AvgIpc) is 2.66. The molecule has 1 atom stereocenters. The number of ether oxygens (including phenoxy) is 1. The first kappa shape index (κ1) is 19.1. The molecule has 6 N–H and O–H groups in total. The number of nitrogens with one attached hydrogen (secondary N) is 2. The highest BCUT2D eigenvalue weighted by molar-refractivity contribution is 14.1. The molecule has 2 aromatic rings. The van der Waals surface area contributed by atoms with E-state index in [4.69, 9.17) is 27.9 Å². The van der Waals surface area contributed by atoms with Gasteiger partial charge < -0.3 is 21.5 Å². The van der Waals surface area contributed by atoms with Crippen molar-refractivity contribution >= 4 is 45.9 Å². The lowest BCUT2D eigenvalue weighted by molar-refractivity contribution is 0.367. The van der Waals surface area contributed by atoms with Crippen molar-refractivity contribution in [2.75, 3.05) is 23.4 Å². The van der Waals surface area contributed by atoms with Crippen LogP contribution in [0, 0.1) is 38.7 Å². The zero-order chi connectivity index (χ0) is 20.3. The second-order valence-electron chi connectivity index (χ2n) is 5.58. The number of rotatable bonds is 3. The van der Waals surface area contributed by atoms with Gasteiger partial charge in [0.2, 0.25) is 5.96 Å². The molecule has 3 rings (SSSR count). The Labute approximate surface area is 174 Å². The number of hydrogen-bond acceptors (Lipinski definition) is 9. The highest BCUT2D eigenvalue weighted by atomic mass is 127. The molecule has 1 aromatic carbocycles. The topological polar surface area (TPSA) is 158 Å². The maximum atomic E-state index is 9.36. The Morgan fingerprint density at radius 1 is 1.36 bits per heavy atom. The molecule has 0 radical (unpaired) electrons. The number of nitrogens with two attached hydrogens (primary N) is 2. The lowest BCUT2D eigenvalue weighted by Crippen LogP contribution is -2.32. The van der Waals surface area contributed by atoms with Crippen LogP contribution in [0.15, 0.2) is 23.2 Å². The second-order valence-corrected chi connectivity index (χ2v) is 6.75. The summed E-state index contributed by atoms with van der Waals surface area (Å²) in [6.07, 6.45) is 7.04. The summed E-state index contributed by atoms with van der Waals surface area (Å²) in [7, 11) is 0. The van der Waals surface area contributed by atoms with Crippen molar-refractivity contribution in [1.29, 1.82) is 10.5 Å². The van der Waals surface area contributed by atoms with Gasteiger partial charge in [0.15, 0.2) is 6.19 Å². The fourth-order valence-electron chi connectivity index (χ4n) is 2.75. The van der Waals surface area contributed by atoms with E-state index < -0.39 is 6.04 Å². The largest absolute Gasteiger partial charge is 0.480 e. The number of nitrogen functional groups attached to an aromatic ring is 2. The molecule has 0 aliphatic carbocycles. The van der Waals surface area contributed by atoms with Gasteiger partial charge in [0, 0.05) is 5.56 Å². The molecule has 1 aliphatic rings. The van der Waals surface area contributed by atoms with Crippen LogP contribution in [0.3, 0.4) is 0 Å². The van der Waals surface area contributed by atoms with Crippen molar-refractivity contribution in [3.8, 4) is 30.4 Å². The molecule has 0 saturated carbocycles. The van der Waals surface area contributed by atoms with Crippen molar-refractivity contribution in [1.82, 2.24) is 10.3 Å². The van der Waals surface area contributed by atoms with Gasteiger partial charge in [-0.05, 0) is 40.3 Å². The summed E-state index contributed by atoms with van der Waals surface area (Å²) in [5.41, 5.74) is 13.6. The maximum Gasteiger partial charge on any atom is 0.211 e. The van der Waals surface area contributed by atoms with Crippen LogP contribution < -0.4 is 26.8 Å². The van der Waals surface area contributed by atoms with Gasteiger partial charge in [-0.3, -0.25) is 5.32 Å². The van der Waals surface area contributed by atoms with Crippen LogP contribution in [0.2, 0.25) is 0 Å². The summed E-state index contributed by atoms with van der Waals surface area (Å²) in [5, 5.41) is 23.6. The molecule has 1 unspecified atom stereocenters. The quantitative estimate of drug-likeness (QED) is 0.222. The average molecular weight is 484 g/mol. The van der Waals surface area contributed by atoms with Crippen LogP contribution in [0.5, 0.6) is 5.75 Å². The number of hydrogen-bond donors (Lipinski definition) is 4. The van der Waals surface area contributed by atoms with E-state index in [1.165, 1.54) is 0 Å². The summed E-state index contributed by atoms with van der Waals surface area (Å²) < 4.78 is 6.31.